The molecule has 0 aliphatic heterocycles. The average molecular weight is 372 g/mol. The zero-order valence-electron chi connectivity index (χ0n) is 15.3. The van der Waals surface area contributed by atoms with Crippen LogP contribution in [0.4, 0.5) is 5.00 Å². The van der Waals surface area contributed by atoms with Crippen LogP contribution in [0.15, 0.2) is 18.2 Å². The minimum atomic E-state index is -0.323. The van der Waals surface area contributed by atoms with Gasteiger partial charge in [-0.1, -0.05) is 0 Å². The summed E-state index contributed by atoms with van der Waals surface area (Å²) in [5.41, 5.74) is 2.11. The first-order chi connectivity index (χ1) is 12.4. The van der Waals surface area contributed by atoms with Crippen LogP contribution in [0.1, 0.15) is 21.6 Å². The Morgan fingerprint density at radius 1 is 1.15 bits per heavy atom. The van der Waals surface area contributed by atoms with Gasteiger partial charge in [-0.2, -0.15) is 5.26 Å². The Kier molecular flexibility index (Phi) is 6.26. The first-order valence-electron chi connectivity index (χ1n) is 7.74. The first-order valence-corrected chi connectivity index (χ1v) is 8.55. The summed E-state index contributed by atoms with van der Waals surface area (Å²) < 4.78 is 15.9. The Morgan fingerprint density at radius 3 is 2.27 bits per heavy atom. The van der Waals surface area contributed by atoms with Gasteiger partial charge in [-0.3, -0.25) is 4.79 Å². The van der Waals surface area contributed by atoms with E-state index in [0.717, 1.165) is 10.4 Å². The highest BCUT2D eigenvalue weighted by Gasteiger charge is 2.14. The molecular formula is C19H20N2O4S. The molecule has 0 atom stereocenters. The van der Waals surface area contributed by atoms with E-state index in [0.29, 0.717) is 33.4 Å². The van der Waals surface area contributed by atoms with Crippen molar-refractivity contribution in [2.45, 2.75) is 13.8 Å². The molecule has 0 saturated heterocycles. The van der Waals surface area contributed by atoms with E-state index in [9.17, 15) is 10.1 Å². The number of carbonyl (C=O) groups excluding carboxylic acids is 1. The molecule has 0 bridgehead atoms. The van der Waals surface area contributed by atoms with Gasteiger partial charge in [0.1, 0.15) is 11.1 Å². The van der Waals surface area contributed by atoms with E-state index in [2.05, 4.69) is 11.4 Å². The van der Waals surface area contributed by atoms with Crippen molar-refractivity contribution >= 4 is 28.3 Å². The number of anilines is 1. The molecule has 6 nitrogen and oxygen atoms in total. The van der Waals surface area contributed by atoms with E-state index in [1.54, 1.807) is 18.2 Å². The molecule has 1 N–H and O–H groups in total. The van der Waals surface area contributed by atoms with Gasteiger partial charge in [0.05, 0.1) is 26.9 Å². The van der Waals surface area contributed by atoms with Crippen LogP contribution in [-0.4, -0.2) is 27.2 Å². The van der Waals surface area contributed by atoms with Gasteiger partial charge in [-0.25, -0.2) is 0 Å². The Labute approximate surface area is 156 Å². The summed E-state index contributed by atoms with van der Waals surface area (Å²) in [6.45, 7) is 3.79. The molecule has 26 heavy (non-hydrogen) atoms. The van der Waals surface area contributed by atoms with Crippen molar-refractivity contribution in [3.05, 3.63) is 39.8 Å². The van der Waals surface area contributed by atoms with E-state index in [-0.39, 0.29) is 5.91 Å². The van der Waals surface area contributed by atoms with E-state index < -0.39 is 0 Å². The van der Waals surface area contributed by atoms with Crippen molar-refractivity contribution in [2.24, 2.45) is 0 Å². The standard InChI is InChI=1S/C19H20N2O4S/c1-11-12(2)26-19(14(11)10-20)21-17(22)7-6-13-8-15(23-3)18(25-5)16(9-13)24-4/h6-9H,1-5H3,(H,21,22). The molecule has 0 unspecified atom stereocenters. The maximum Gasteiger partial charge on any atom is 0.249 e. The SMILES string of the molecule is COc1cc(C=CC(=O)Nc2sc(C)c(C)c2C#N)cc(OC)c1OC. The number of ether oxygens (including phenoxy) is 3. The summed E-state index contributed by atoms with van der Waals surface area (Å²) in [6.07, 6.45) is 3.03. The van der Waals surface area contributed by atoms with Crippen molar-refractivity contribution in [1.82, 2.24) is 0 Å². The van der Waals surface area contributed by atoms with Gasteiger partial charge >= 0.3 is 0 Å². The van der Waals surface area contributed by atoms with Crippen LogP contribution < -0.4 is 19.5 Å². The molecule has 2 rings (SSSR count). The van der Waals surface area contributed by atoms with Crippen molar-refractivity contribution < 1.29 is 19.0 Å². The second-order valence-electron chi connectivity index (χ2n) is 5.38. The second-order valence-corrected chi connectivity index (χ2v) is 6.61. The number of thiophene rings is 1. The third kappa shape index (κ3) is 3.98. The highest BCUT2D eigenvalue weighted by Crippen LogP contribution is 2.38. The van der Waals surface area contributed by atoms with Gasteiger partial charge in [-0.05, 0) is 43.2 Å². The molecule has 1 amide bonds. The lowest BCUT2D eigenvalue weighted by Crippen LogP contribution is -2.07. The maximum atomic E-state index is 12.2. The summed E-state index contributed by atoms with van der Waals surface area (Å²) in [7, 11) is 4.59. The van der Waals surface area contributed by atoms with Gasteiger partial charge in [0.15, 0.2) is 11.5 Å². The smallest absolute Gasteiger partial charge is 0.249 e. The van der Waals surface area contributed by atoms with E-state index in [1.807, 2.05) is 13.8 Å². The molecule has 0 aliphatic rings. The van der Waals surface area contributed by atoms with Crippen LogP contribution in [0.2, 0.25) is 0 Å². The number of amides is 1. The average Bonchev–Trinajstić information content (AvgIpc) is 2.91. The molecular weight excluding hydrogens is 352 g/mol. The molecule has 1 aromatic heterocycles. The molecule has 0 aliphatic carbocycles. The van der Waals surface area contributed by atoms with Crippen molar-refractivity contribution in [2.75, 3.05) is 26.6 Å². The highest BCUT2D eigenvalue weighted by atomic mass is 32.1. The van der Waals surface area contributed by atoms with Crippen molar-refractivity contribution in [3.63, 3.8) is 0 Å². The number of benzene rings is 1. The fraction of sp³-hybridized carbons (Fsp3) is 0.263. The zero-order valence-corrected chi connectivity index (χ0v) is 16.1. The highest BCUT2D eigenvalue weighted by molar-refractivity contribution is 7.16. The van der Waals surface area contributed by atoms with Crippen LogP contribution in [0.25, 0.3) is 6.08 Å². The Bertz CT molecular complexity index is 869. The number of nitriles is 1. The normalized spacial score (nSPS) is 10.5. The van der Waals surface area contributed by atoms with Gasteiger partial charge in [-0.15, -0.1) is 11.3 Å². The molecule has 0 fully saturated rings. The molecule has 0 saturated carbocycles. The maximum absolute atomic E-state index is 12.2. The fourth-order valence-corrected chi connectivity index (χ4v) is 3.39. The minimum Gasteiger partial charge on any atom is -0.493 e. The van der Waals surface area contributed by atoms with E-state index >= 15 is 0 Å². The number of carbonyl (C=O) groups is 1. The summed E-state index contributed by atoms with van der Waals surface area (Å²) in [4.78, 5) is 13.2. The zero-order chi connectivity index (χ0) is 19.3. The van der Waals surface area contributed by atoms with Gasteiger partial charge in [0, 0.05) is 11.0 Å². The molecule has 136 valence electrons. The van der Waals surface area contributed by atoms with Crippen molar-refractivity contribution in [1.29, 1.82) is 5.26 Å². The monoisotopic (exact) mass is 372 g/mol. The summed E-state index contributed by atoms with van der Waals surface area (Å²) in [5.74, 6) is 1.17. The van der Waals surface area contributed by atoms with E-state index in [1.165, 1.54) is 38.7 Å². The van der Waals surface area contributed by atoms with E-state index in [4.69, 9.17) is 14.2 Å². The van der Waals surface area contributed by atoms with Crippen LogP contribution in [0, 0.1) is 25.2 Å². The minimum absolute atomic E-state index is 0.323. The van der Waals surface area contributed by atoms with Crippen molar-refractivity contribution in [3.8, 4) is 23.3 Å². The lowest BCUT2D eigenvalue weighted by atomic mass is 10.1. The largest absolute Gasteiger partial charge is 0.493 e. The summed E-state index contributed by atoms with van der Waals surface area (Å²) in [6, 6.07) is 5.61. The first kappa shape index (κ1) is 19.3. The molecule has 7 heteroatoms. The Morgan fingerprint density at radius 2 is 1.77 bits per heavy atom. The number of nitrogens with one attached hydrogen (secondary N) is 1. The van der Waals surface area contributed by atoms with Crippen LogP contribution in [0.3, 0.4) is 0 Å². The number of rotatable bonds is 6. The summed E-state index contributed by atoms with van der Waals surface area (Å²) in [5, 5.41) is 12.6. The van der Waals surface area contributed by atoms with Gasteiger partial charge in [0.2, 0.25) is 11.7 Å². The number of methoxy groups -OCH3 is 3. The third-order valence-corrected chi connectivity index (χ3v) is 4.97. The topological polar surface area (TPSA) is 80.6 Å². The van der Waals surface area contributed by atoms with Crippen LogP contribution in [0.5, 0.6) is 17.2 Å². The number of hydrogen-bond donors (Lipinski definition) is 1. The fourth-order valence-electron chi connectivity index (χ4n) is 2.37. The number of hydrogen-bond acceptors (Lipinski definition) is 6. The number of nitrogens with zero attached hydrogens (tertiary/aromatic N) is 1. The molecule has 0 spiro atoms. The lowest BCUT2D eigenvalue weighted by Gasteiger charge is -2.12. The molecule has 1 heterocycles. The summed E-state index contributed by atoms with van der Waals surface area (Å²) >= 11 is 1.39. The quantitative estimate of drug-likeness (QED) is 0.778. The van der Waals surface area contributed by atoms with Gasteiger partial charge in [0.25, 0.3) is 0 Å². The predicted molar refractivity (Wildman–Crippen MR) is 102 cm³/mol. The lowest BCUT2D eigenvalue weighted by molar-refractivity contribution is -0.111. The second kappa shape index (κ2) is 8.41. The third-order valence-electron chi connectivity index (χ3n) is 3.85. The van der Waals surface area contributed by atoms with Crippen LogP contribution >= 0.6 is 11.3 Å². The van der Waals surface area contributed by atoms with Crippen LogP contribution in [-0.2, 0) is 4.79 Å². The predicted octanol–water partition coefficient (Wildman–Crippen LogP) is 3.91. The number of aryl methyl sites for hydroxylation is 1. The molecule has 1 aromatic carbocycles. The molecule has 2 aromatic rings. The Hall–Kier alpha value is -2.98. The molecule has 0 radical (unpaired) electrons. The van der Waals surface area contributed by atoms with Gasteiger partial charge < -0.3 is 19.5 Å². The Balaban J connectivity index is 2.23.